The first-order valence-corrected chi connectivity index (χ1v) is 8.44. The zero-order valence-corrected chi connectivity index (χ0v) is 14.8. The summed E-state index contributed by atoms with van der Waals surface area (Å²) >= 11 is 12.4. The quantitative estimate of drug-likeness (QED) is 0.384. The van der Waals surface area contributed by atoms with Gasteiger partial charge in [0.2, 0.25) is 0 Å². The van der Waals surface area contributed by atoms with E-state index in [0.717, 1.165) is 0 Å². The third kappa shape index (κ3) is 3.03. The van der Waals surface area contributed by atoms with E-state index in [4.69, 9.17) is 27.9 Å². The lowest BCUT2D eigenvalue weighted by Gasteiger charge is -2.08. The van der Waals surface area contributed by atoms with Crippen LogP contribution in [-0.4, -0.2) is 20.7 Å². The van der Waals surface area contributed by atoms with Crippen molar-refractivity contribution in [1.82, 2.24) is 15.0 Å². The van der Waals surface area contributed by atoms with Crippen molar-refractivity contribution < 1.29 is 9.53 Å². The first-order valence-electron chi connectivity index (χ1n) is 7.68. The van der Waals surface area contributed by atoms with E-state index < -0.39 is 0 Å². The minimum atomic E-state index is -0.274. The Morgan fingerprint density at radius 1 is 0.962 bits per heavy atom. The van der Waals surface area contributed by atoms with Gasteiger partial charge in [-0.25, -0.2) is 9.97 Å². The number of aromatic amines is 1. The Morgan fingerprint density at radius 3 is 2.54 bits per heavy atom. The molecule has 0 atom stereocenters. The number of nitrogens with zero attached hydrogens (tertiary/aromatic N) is 2. The minimum Gasteiger partial charge on any atom is -0.457 e. The van der Waals surface area contributed by atoms with E-state index in [-0.39, 0.29) is 16.0 Å². The van der Waals surface area contributed by atoms with Gasteiger partial charge in [-0.3, -0.25) is 4.79 Å². The fourth-order valence-electron chi connectivity index (χ4n) is 2.62. The number of H-pyrrole nitrogens is 1. The second kappa shape index (κ2) is 6.78. The first kappa shape index (κ1) is 16.6. The number of hydrogen-bond donors (Lipinski definition) is 1. The third-order valence-electron chi connectivity index (χ3n) is 3.83. The third-order valence-corrected chi connectivity index (χ3v) is 4.43. The van der Waals surface area contributed by atoms with Crippen molar-refractivity contribution in [3.63, 3.8) is 0 Å². The maximum absolute atomic E-state index is 12.9. The van der Waals surface area contributed by atoms with Gasteiger partial charge in [-0.05, 0) is 24.3 Å². The molecule has 0 saturated heterocycles. The topological polar surface area (TPSA) is 67.9 Å². The molecule has 2 aromatic heterocycles. The highest BCUT2D eigenvalue weighted by molar-refractivity contribution is 6.38. The smallest absolute Gasteiger partial charge is 0.196 e. The summed E-state index contributed by atoms with van der Waals surface area (Å²) in [6.45, 7) is 0. The van der Waals surface area contributed by atoms with Crippen molar-refractivity contribution in [3.05, 3.63) is 82.4 Å². The largest absolute Gasteiger partial charge is 0.457 e. The van der Waals surface area contributed by atoms with Gasteiger partial charge in [0, 0.05) is 17.8 Å². The average molecular weight is 384 g/mol. The second-order valence-corrected chi connectivity index (χ2v) is 6.24. The predicted octanol–water partition coefficient (Wildman–Crippen LogP) is 5.29. The van der Waals surface area contributed by atoms with E-state index in [1.54, 1.807) is 24.4 Å². The molecular weight excluding hydrogens is 373 g/mol. The van der Waals surface area contributed by atoms with E-state index in [1.165, 1.54) is 6.33 Å². The lowest BCUT2D eigenvalue weighted by molar-refractivity contribution is 0.104. The molecule has 0 saturated carbocycles. The van der Waals surface area contributed by atoms with E-state index in [2.05, 4.69) is 15.0 Å². The molecule has 0 bridgehead atoms. The number of ether oxygens (including phenoxy) is 1. The number of ketones is 1. The predicted molar refractivity (Wildman–Crippen MR) is 100 cm³/mol. The molecule has 2 aromatic carbocycles. The van der Waals surface area contributed by atoms with Crippen molar-refractivity contribution >= 4 is 40.0 Å². The zero-order chi connectivity index (χ0) is 18.1. The standard InChI is InChI=1S/C19H11Cl2N3O2/c20-15-8-12(26-11-4-2-1-3-5-11)6-7-13(15)17(25)14-9-22-19-16(14)18(21)23-10-24-19/h1-10H,(H,22,23,24). The van der Waals surface area contributed by atoms with Gasteiger partial charge in [0.15, 0.2) is 5.78 Å². The molecule has 0 aliphatic heterocycles. The summed E-state index contributed by atoms with van der Waals surface area (Å²) in [6.07, 6.45) is 2.89. The number of benzene rings is 2. The van der Waals surface area contributed by atoms with Crippen molar-refractivity contribution in [2.24, 2.45) is 0 Å². The molecule has 0 fully saturated rings. The van der Waals surface area contributed by atoms with Gasteiger partial charge in [0.05, 0.1) is 16.0 Å². The fourth-order valence-corrected chi connectivity index (χ4v) is 3.11. The van der Waals surface area contributed by atoms with Crippen molar-refractivity contribution in [2.75, 3.05) is 0 Å². The Labute approximate surface area is 158 Å². The van der Waals surface area contributed by atoms with Gasteiger partial charge < -0.3 is 9.72 Å². The van der Waals surface area contributed by atoms with Gasteiger partial charge >= 0.3 is 0 Å². The maximum Gasteiger partial charge on any atom is 0.196 e. The normalized spacial score (nSPS) is 10.8. The molecule has 26 heavy (non-hydrogen) atoms. The van der Waals surface area contributed by atoms with Crippen LogP contribution in [0.15, 0.2) is 61.1 Å². The fraction of sp³-hybridized carbons (Fsp3) is 0. The number of carbonyl (C=O) groups is 1. The number of hydrogen-bond acceptors (Lipinski definition) is 4. The van der Waals surface area contributed by atoms with E-state index in [1.807, 2.05) is 30.3 Å². The SMILES string of the molecule is O=C(c1ccc(Oc2ccccc2)cc1Cl)c1c[nH]c2ncnc(Cl)c12. The number of fused-ring (bicyclic) bond motifs is 1. The molecule has 0 aliphatic rings. The molecular formula is C19H11Cl2N3O2. The van der Waals surface area contributed by atoms with Crippen LogP contribution < -0.4 is 4.74 Å². The summed E-state index contributed by atoms with van der Waals surface area (Å²) < 4.78 is 5.73. The number of halogens is 2. The van der Waals surface area contributed by atoms with Gasteiger partial charge in [-0.2, -0.15) is 0 Å². The van der Waals surface area contributed by atoms with E-state index in [0.29, 0.717) is 33.7 Å². The van der Waals surface area contributed by atoms with Crippen molar-refractivity contribution in [1.29, 1.82) is 0 Å². The van der Waals surface area contributed by atoms with Crippen LogP contribution in [0.2, 0.25) is 10.2 Å². The van der Waals surface area contributed by atoms with Gasteiger partial charge in [-0.15, -0.1) is 0 Å². The Balaban J connectivity index is 1.68. The molecule has 128 valence electrons. The van der Waals surface area contributed by atoms with Crippen LogP contribution in [0.5, 0.6) is 11.5 Å². The summed E-state index contributed by atoms with van der Waals surface area (Å²) in [5, 5.41) is 0.963. The Kier molecular flexibility index (Phi) is 4.32. The van der Waals surface area contributed by atoms with E-state index >= 15 is 0 Å². The lowest BCUT2D eigenvalue weighted by atomic mass is 10.0. The molecule has 0 spiro atoms. The Hall–Kier alpha value is -2.89. The monoisotopic (exact) mass is 383 g/mol. The summed E-state index contributed by atoms with van der Waals surface area (Å²) in [5.41, 5.74) is 1.20. The number of rotatable bonds is 4. The second-order valence-electron chi connectivity index (χ2n) is 5.48. The molecule has 2 heterocycles. The molecule has 0 unspecified atom stereocenters. The first-order chi connectivity index (χ1) is 12.6. The lowest BCUT2D eigenvalue weighted by Crippen LogP contribution is -2.02. The highest BCUT2D eigenvalue weighted by Gasteiger charge is 2.20. The average Bonchev–Trinajstić information content (AvgIpc) is 3.08. The summed E-state index contributed by atoms with van der Waals surface area (Å²) in [4.78, 5) is 23.8. The summed E-state index contributed by atoms with van der Waals surface area (Å²) in [6, 6.07) is 14.2. The molecule has 4 aromatic rings. The maximum atomic E-state index is 12.9. The number of carbonyl (C=O) groups excluding carboxylic acids is 1. The molecule has 1 N–H and O–H groups in total. The zero-order valence-electron chi connectivity index (χ0n) is 13.2. The van der Waals surface area contributed by atoms with Crippen LogP contribution in [-0.2, 0) is 0 Å². The molecule has 7 heteroatoms. The highest BCUT2D eigenvalue weighted by atomic mass is 35.5. The number of nitrogens with one attached hydrogen (secondary N) is 1. The van der Waals surface area contributed by atoms with Crippen LogP contribution in [0.4, 0.5) is 0 Å². The van der Waals surface area contributed by atoms with E-state index in [9.17, 15) is 4.79 Å². The van der Waals surface area contributed by atoms with Crippen LogP contribution in [0.25, 0.3) is 11.0 Å². The number of aromatic nitrogens is 3. The van der Waals surface area contributed by atoms with Crippen molar-refractivity contribution in [3.8, 4) is 11.5 Å². The van der Waals surface area contributed by atoms with Crippen LogP contribution >= 0.6 is 23.2 Å². The van der Waals surface area contributed by atoms with Crippen LogP contribution in [0.1, 0.15) is 15.9 Å². The molecule has 0 amide bonds. The molecule has 0 aliphatic carbocycles. The van der Waals surface area contributed by atoms with Gasteiger partial charge in [0.25, 0.3) is 0 Å². The minimum absolute atomic E-state index is 0.208. The summed E-state index contributed by atoms with van der Waals surface area (Å²) in [5.74, 6) is 0.949. The Morgan fingerprint density at radius 2 is 1.77 bits per heavy atom. The molecule has 5 nitrogen and oxygen atoms in total. The number of para-hydroxylation sites is 1. The van der Waals surface area contributed by atoms with Gasteiger partial charge in [0.1, 0.15) is 28.6 Å². The summed E-state index contributed by atoms with van der Waals surface area (Å²) in [7, 11) is 0. The Bertz CT molecular complexity index is 1110. The van der Waals surface area contributed by atoms with Crippen molar-refractivity contribution in [2.45, 2.75) is 0 Å². The molecule has 4 rings (SSSR count). The molecule has 0 radical (unpaired) electrons. The highest BCUT2D eigenvalue weighted by Crippen LogP contribution is 2.31. The van der Waals surface area contributed by atoms with Crippen LogP contribution in [0, 0.1) is 0 Å². The van der Waals surface area contributed by atoms with Crippen LogP contribution in [0.3, 0.4) is 0 Å². The van der Waals surface area contributed by atoms with Gasteiger partial charge in [-0.1, -0.05) is 41.4 Å².